The maximum atomic E-state index is 12.0. The monoisotopic (exact) mass is 694 g/mol. The fourth-order valence-corrected chi connectivity index (χ4v) is 7.50. The molecule has 1 fully saturated rings. The minimum absolute atomic E-state index is 0.0518. The van der Waals surface area contributed by atoms with Gasteiger partial charge in [0, 0.05) is 29.6 Å². The van der Waals surface area contributed by atoms with Gasteiger partial charge in [-0.3, -0.25) is 0 Å². The minimum atomic E-state index is 0.0518. The highest BCUT2D eigenvalue weighted by atomic mass is 16.5. The second-order valence-corrected chi connectivity index (χ2v) is 14.3. The number of aromatic nitrogens is 1. The fraction of sp³-hybridized carbons (Fsp3) is 0.304. The molecule has 5 aromatic carbocycles. The normalized spacial score (nSPS) is 12.5. The largest absolute Gasteiger partial charge is 0.507 e. The summed E-state index contributed by atoms with van der Waals surface area (Å²) in [6.07, 6.45) is 8.05. The quantitative estimate of drug-likeness (QED) is 0.0635. The van der Waals surface area contributed by atoms with Crippen molar-refractivity contribution in [2.45, 2.75) is 78.7 Å². The topological polar surface area (TPSA) is 88.7 Å². The van der Waals surface area contributed by atoms with Crippen LogP contribution in [0, 0.1) is 6.92 Å². The maximum absolute atomic E-state index is 12.0. The maximum Gasteiger partial charge on any atom is 0.150 e. The number of anilines is 1. The number of hydrogen-bond donors (Lipinski definition) is 4. The molecule has 6 nitrogen and oxygen atoms in total. The molecule has 52 heavy (non-hydrogen) atoms. The van der Waals surface area contributed by atoms with E-state index in [2.05, 4.69) is 61.0 Å². The average Bonchev–Trinajstić information content (AvgIpc) is 3.88. The number of H-pyrrole nitrogens is 1. The van der Waals surface area contributed by atoms with Crippen LogP contribution in [0.15, 0.2) is 91.0 Å². The molecule has 6 heteroatoms. The zero-order chi connectivity index (χ0) is 36.2. The van der Waals surface area contributed by atoms with Gasteiger partial charge >= 0.3 is 0 Å². The molecule has 0 aliphatic carbocycles. The summed E-state index contributed by atoms with van der Waals surface area (Å²) in [7, 11) is 0. The molecule has 1 saturated heterocycles. The van der Waals surface area contributed by atoms with Gasteiger partial charge in [0.25, 0.3) is 0 Å². The number of aromatic amines is 1. The van der Waals surface area contributed by atoms with Crippen LogP contribution in [-0.4, -0.2) is 33.4 Å². The van der Waals surface area contributed by atoms with Crippen molar-refractivity contribution in [3.05, 3.63) is 113 Å². The molecule has 4 N–H and O–H groups in total. The van der Waals surface area contributed by atoms with Crippen LogP contribution in [0.25, 0.3) is 44.4 Å². The smallest absolute Gasteiger partial charge is 0.150 e. The van der Waals surface area contributed by atoms with E-state index in [1.807, 2.05) is 60.7 Å². The Morgan fingerprint density at radius 2 is 1.38 bits per heavy atom. The van der Waals surface area contributed by atoms with Crippen LogP contribution in [0.5, 0.6) is 23.0 Å². The number of fused-ring (bicyclic) bond motifs is 1. The molecular weight excluding hydrogens is 645 g/mol. The third kappa shape index (κ3) is 7.34. The Kier molecular flexibility index (Phi) is 10.4. The Labute approximate surface area is 307 Å². The number of rotatable bonds is 15. The van der Waals surface area contributed by atoms with Gasteiger partial charge in [-0.15, -0.1) is 0 Å². The van der Waals surface area contributed by atoms with Gasteiger partial charge in [0.05, 0.1) is 22.5 Å². The molecule has 7 rings (SSSR count). The van der Waals surface area contributed by atoms with Crippen molar-refractivity contribution in [3.63, 3.8) is 0 Å². The third-order valence-corrected chi connectivity index (χ3v) is 10.3. The van der Waals surface area contributed by atoms with Gasteiger partial charge in [-0.1, -0.05) is 106 Å². The number of benzene rings is 5. The van der Waals surface area contributed by atoms with Crippen molar-refractivity contribution < 1.29 is 20.1 Å². The van der Waals surface area contributed by atoms with Crippen molar-refractivity contribution in [2.24, 2.45) is 0 Å². The molecule has 1 aromatic heterocycles. The van der Waals surface area contributed by atoms with Gasteiger partial charge in [-0.25, -0.2) is 0 Å². The van der Waals surface area contributed by atoms with E-state index in [0.717, 1.165) is 120 Å². The van der Waals surface area contributed by atoms with E-state index in [1.165, 1.54) is 0 Å². The van der Waals surface area contributed by atoms with Crippen LogP contribution < -0.4 is 9.64 Å². The molecule has 1 aliphatic heterocycles. The molecule has 0 bridgehead atoms. The van der Waals surface area contributed by atoms with Gasteiger partial charge in [0.2, 0.25) is 0 Å². The van der Waals surface area contributed by atoms with Crippen molar-refractivity contribution >= 4 is 16.6 Å². The summed E-state index contributed by atoms with van der Waals surface area (Å²) in [5.74, 6) is 1.04. The van der Waals surface area contributed by atoms with Crippen LogP contribution >= 0.6 is 0 Å². The highest BCUT2D eigenvalue weighted by molar-refractivity contribution is 5.92. The van der Waals surface area contributed by atoms with Crippen molar-refractivity contribution in [2.75, 3.05) is 18.0 Å². The number of para-hydroxylation sites is 1. The molecule has 0 saturated carbocycles. The highest BCUT2D eigenvalue weighted by Crippen LogP contribution is 2.50. The summed E-state index contributed by atoms with van der Waals surface area (Å²) < 4.78 is 6.64. The van der Waals surface area contributed by atoms with E-state index >= 15 is 0 Å². The molecule has 0 amide bonds. The summed E-state index contributed by atoms with van der Waals surface area (Å²) in [4.78, 5) is 5.75. The Bertz CT molecular complexity index is 2160. The lowest BCUT2D eigenvalue weighted by Gasteiger charge is -2.21. The highest BCUT2D eigenvalue weighted by Gasteiger charge is 2.29. The number of hydrogen-bond acceptors (Lipinski definition) is 5. The van der Waals surface area contributed by atoms with Crippen LogP contribution in [-0.2, 0) is 19.4 Å². The second kappa shape index (κ2) is 15.5. The van der Waals surface area contributed by atoms with Gasteiger partial charge in [-0.2, -0.15) is 0 Å². The number of ether oxygens (including phenoxy) is 1. The molecule has 6 aromatic rings. The fourth-order valence-electron chi connectivity index (χ4n) is 7.50. The Hall–Kier alpha value is -5.36. The number of aryl methyl sites for hydroxylation is 3. The number of phenolic OH excluding ortho intramolecular Hbond substituents is 3. The second-order valence-electron chi connectivity index (χ2n) is 14.3. The summed E-state index contributed by atoms with van der Waals surface area (Å²) >= 11 is 0. The van der Waals surface area contributed by atoms with Crippen molar-refractivity contribution in [1.82, 2.24) is 4.98 Å². The van der Waals surface area contributed by atoms with E-state index in [0.29, 0.717) is 22.4 Å². The SMILES string of the molecule is CCCCCc1cc(O)c(-c2cccc(COc3cc(CCCCC)c(N4CC4)c(O)c3-c3cccc(C)c3)c2)c(O)c1-c1cc2ccccc2[nH]1. The molecule has 2 heterocycles. The number of aromatic hydroxyl groups is 3. The zero-order valence-electron chi connectivity index (χ0n) is 30.6. The predicted octanol–water partition coefficient (Wildman–Crippen LogP) is 11.5. The van der Waals surface area contributed by atoms with Crippen molar-refractivity contribution in [3.8, 4) is 56.5 Å². The van der Waals surface area contributed by atoms with Gasteiger partial charge in [0.15, 0.2) is 5.75 Å². The van der Waals surface area contributed by atoms with Gasteiger partial charge < -0.3 is 29.9 Å². The lowest BCUT2D eigenvalue weighted by Crippen LogP contribution is -2.04. The first-order chi connectivity index (χ1) is 25.4. The van der Waals surface area contributed by atoms with Crippen molar-refractivity contribution in [1.29, 1.82) is 0 Å². The number of nitrogens with zero attached hydrogens (tertiary/aromatic N) is 1. The summed E-state index contributed by atoms with van der Waals surface area (Å²) in [5, 5.41) is 36.4. The molecule has 0 atom stereocenters. The van der Waals surface area contributed by atoms with E-state index < -0.39 is 0 Å². The van der Waals surface area contributed by atoms with Crippen LogP contribution in [0.1, 0.15) is 74.6 Å². The molecule has 0 radical (unpaired) electrons. The van der Waals surface area contributed by atoms with Crippen LogP contribution in [0.4, 0.5) is 5.69 Å². The van der Waals surface area contributed by atoms with E-state index in [4.69, 9.17) is 4.74 Å². The van der Waals surface area contributed by atoms with E-state index in [9.17, 15) is 15.3 Å². The standard InChI is InChI=1S/C46H50N2O4/c1-4-6-8-17-35-27-39(49)42(45(50)41(35)38-26-32-16-10-11-21-37(32)47-38)34-20-13-15-31(25-34)29-52-40-28-36(18-9-7-5-2)44(48-22-23-48)46(51)43(40)33-19-12-14-30(3)24-33/h10-16,19-21,24-28,47,49-51H,4-9,17-18,22-23,29H2,1-3H3. The van der Waals surface area contributed by atoms with Gasteiger partial charge in [-0.05, 0) is 90.8 Å². The first-order valence-corrected chi connectivity index (χ1v) is 18.9. The predicted molar refractivity (Wildman–Crippen MR) is 214 cm³/mol. The minimum Gasteiger partial charge on any atom is -0.507 e. The Balaban J connectivity index is 1.26. The molecule has 0 spiro atoms. The zero-order valence-corrected chi connectivity index (χ0v) is 30.6. The number of nitrogens with one attached hydrogen (secondary N) is 1. The number of phenols is 3. The molecule has 268 valence electrons. The summed E-state index contributed by atoms with van der Waals surface area (Å²) in [6.45, 7) is 8.56. The Morgan fingerprint density at radius 1 is 0.673 bits per heavy atom. The molecular formula is C46H50N2O4. The van der Waals surface area contributed by atoms with E-state index in [1.54, 1.807) is 0 Å². The molecule has 1 aliphatic rings. The average molecular weight is 695 g/mol. The summed E-state index contributed by atoms with van der Waals surface area (Å²) in [6, 6.07) is 30.1. The van der Waals surface area contributed by atoms with E-state index in [-0.39, 0.29) is 23.9 Å². The lowest BCUT2D eigenvalue weighted by atomic mass is 9.91. The lowest BCUT2D eigenvalue weighted by molar-refractivity contribution is 0.305. The molecule has 0 unspecified atom stereocenters. The first kappa shape index (κ1) is 35.1. The third-order valence-electron chi connectivity index (χ3n) is 10.3. The first-order valence-electron chi connectivity index (χ1n) is 18.9. The van der Waals surface area contributed by atoms with Gasteiger partial charge in [0.1, 0.15) is 23.9 Å². The van der Waals surface area contributed by atoms with Crippen LogP contribution in [0.3, 0.4) is 0 Å². The Morgan fingerprint density at radius 3 is 2.10 bits per heavy atom. The summed E-state index contributed by atoms with van der Waals surface area (Å²) in [5.41, 5.74) is 10.2. The number of unbranched alkanes of at least 4 members (excludes halogenated alkanes) is 4. The van der Waals surface area contributed by atoms with Crippen LogP contribution in [0.2, 0.25) is 0 Å².